The van der Waals surface area contributed by atoms with Gasteiger partial charge in [-0.05, 0) is 166 Å². The molecule has 3 aromatic heterocycles. The number of carbonyl (C=O) groups excluding carboxylic acids is 4. The Bertz CT molecular complexity index is 3830. The maximum atomic E-state index is 14.0. The summed E-state index contributed by atoms with van der Waals surface area (Å²) in [6.07, 6.45) is 23.4. The quantitative estimate of drug-likeness (QED) is 0.0961. The first-order chi connectivity index (χ1) is 46.1. The molecule has 4 aliphatic heterocycles. The Morgan fingerprint density at radius 3 is 1.73 bits per heavy atom. The third kappa shape index (κ3) is 17.3. The van der Waals surface area contributed by atoms with E-state index in [0.29, 0.717) is 96.9 Å². The zero-order valence-corrected chi connectivity index (χ0v) is 57.5. The molecule has 4 aromatic carbocycles. The van der Waals surface area contributed by atoms with Gasteiger partial charge in [-0.15, -0.1) is 0 Å². The summed E-state index contributed by atoms with van der Waals surface area (Å²) < 4.78 is 28.7. The van der Waals surface area contributed by atoms with Gasteiger partial charge in [0.25, 0.3) is 5.91 Å². The molecule has 3 amide bonds. The van der Waals surface area contributed by atoms with Crippen LogP contribution in [0.2, 0.25) is 0 Å². The molecule has 4 N–H and O–H groups in total. The van der Waals surface area contributed by atoms with E-state index in [4.69, 9.17) is 34.4 Å². The lowest BCUT2D eigenvalue weighted by Gasteiger charge is -2.35. The van der Waals surface area contributed by atoms with Crippen LogP contribution in [0.3, 0.4) is 0 Å². The number of rotatable bonds is 12. The molecule has 3 saturated heterocycles. The van der Waals surface area contributed by atoms with E-state index in [1.165, 1.54) is 70.4 Å². The largest absolute Gasteiger partial charge is 0.493 e. The Hall–Kier alpha value is -8.14. The van der Waals surface area contributed by atoms with Crippen molar-refractivity contribution in [1.82, 2.24) is 55.2 Å². The molecular weight excluding hydrogens is 1210 g/mol. The van der Waals surface area contributed by atoms with Crippen molar-refractivity contribution in [2.45, 2.75) is 218 Å². The summed E-state index contributed by atoms with van der Waals surface area (Å²) in [6, 6.07) is 28.5. The van der Waals surface area contributed by atoms with Crippen LogP contribution in [0, 0.1) is 17.8 Å². The van der Waals surface area contributed by atoms with E-state index in [0.717, 1.165) is 83.1 Å². The van der Waals surface area contributed by atoms with E-state index in [9.17, 15) is 19.2 Å². The van der Waals surface area contributed by atoms with Crippen molar-refractivity contribution in [3.8, 4) is 17.2 Å². The molecule has 0 bridgehead atoms. The predicted octanol–water partition coefficient (Wildman–Crippen LogP) is 13.0. The number of amides is 3. The molecule has 21 nitrogen and oxygen atoms in total. The van der Waals surface area contributed by atoms with Gasteiger partial charge >= 0.3 is 12.2 Å². The van der Waals surface area contributed by atoms with Crippen molar-refractivity contribution in [3.05, 3.63) is 126 Å². The molecule has 14 rings (SSSR count). The summed E-state index contributed by atoms with van der Waals surface area (Å²) in [6.45, 7) is 18.1. The fraction of sp³-hybridized carbons (Fsp3) is 0.547. The number of aldehydes is 1. The first-order valence-electron chi connectivity index (χ1n) is 34.8. The van der Waals surface area contributed by atoms with Crippen molar-refractivity contribution < 1.29 is 42.9 Å². The maximum Gasteiger partial charge on any atom is 0.410 e. The third-order valence-electron chi connectivity index (χ3n) is 19.4. The number of carbonyl (C=O) groups is 4. The zero-order valence-electron chi connectivity index (χ0n) is 57.5. The molecule has 3 aliphatic carbocycles. The second-order valence-corrected chi connectivity index (χ2v) is 29.3. The van der Waals surface area contributed by atoms with Gasteiger partial charge in [-0.3, -0.25) is 24.5 Å². The van der Waals surface area contributed by atoms with Crippen LogP contribution in [0.4, 0.5) is 9.59 Å². The second kappa shape index (κ2) is 30.5. The highest BCUT2D eigenvalue weighted by Crippen LogP contribution is 2.47. The van der Waals surface area contributed by atoms with Gasteiger partial charge in [0.05, 0.1) is 76.7 Å². The van der Waals surface area contributed by atoms with Crippen LogP contribution in [0.1, 0.15) is 184 Å². The van der Waals surface area contributed by atoms with Gasteiger partial charge in [0, 0.05) is 81.8 Å². The van der Waals surface area contributed by atoms with E-state index in [1.54, 1.807) is 25.4 Å². The zero-order chi connectivity index (χ0) is 67.7. The van der Waals surface area contributed by atoms with E-state index < -0.39 is 17.0 Å². The number of benzene rings is 4. The molecule has 3 saturated carbocycles. The van der Waals surface area contributed by atoms with Crippen molar-refractivity contribution in [2.24, 2.45) is 23.5 Å². The average molecular weight is 1310 g/mol. The summed E-state index contributed by atoms with van der Waals surface area (Å²) in [5, 5.41) is 7.33. The Morgan fingerprint density at radius 2 is 1.17 bits per heavy atom. The van der Waals surface area contributed by atoms with Gasteiger partial charge in [0.1, 0.15) is 16.9 Å². The third-order valence-corrected chi connectivity index (χ3v) is 19.4. The molecule has 7 heterocycles. The molecule has 512 valence electrons. The number of ether oxygens (including phenoxy) is 5. The first kappa shape index (κ1) is 69.2. The van der Waals surface area contributed by atoms with E-state index in [1.807, 2.05) is 149 Å². The number of aromatic nitrogens is 6. The average Bonchev–Trinajstić information content (AvgIpc) is 1.17. The number of nitrogens with two attached hydrogens (primary N) is 1. The van der Waals surface area contributed by atoms with Crippen molar-refractivity contribution in [1.29, 1.82) is 0 Å². The number of fused-ring (bicyclic) bond motifs is 7. The standard InChI is InChI=1S/C29H34N4O4.C23H32N4O2.C14H26N2O2.C9H6N2O/c1-29(2)36-26-14-19(13-25(35-3)27(26)37-29)28(34)33(16-20-12-18-8-4-5-9-22(18)31-20)17-21-15-30-23-10-6-7-11-24(23)32-21;1-23(2,3)29-22(28)27-18(12-16-8-4-7-11-21(16)27)15-24-13-17-14-25-19-9-5-6-10-20(19)26-17;1-14(2,3)18-13(17)16-11(9-15)8-10-6-4-5-7-12(10)16;12-6-7-5-10-8-3-1-2-4-9(8)11-7/h6-7,10-11,13-15,18,20,22,31H,4-5,8-9,12,16-17H2,1-3H3;5-6,9-10,14,16,18,21,24H,4,7-8,11-13,15H2,1-3H3;10-12H,4-9,15H2,1-3H3;1-6H/t18-,20-,22-;16-,18-,21-;10-,11-,12-;/m000./s1. The minimum Gasteiger partial charge on any atom is -0.493 e. The fourth-order valence-corrected chi connectivity index (χ4v) is 15.3. The van der Waals surface area contributed by atoms with Crippen LogP contribution < -0.4 is 30.6 Å². The number of likely N-dealkylation sites (tertiary alicyclic amines) is 2. The van der Waals surface area contributed by atoms with E-state index in [-0.39, 0.29) is 36.2 Å². The minimum absolute atomic E-state index is 0.0963. The first-order valence-corrected chi connectivity index (χ1v) is 34.8. The van der Waals surface area contributed by atoms with Crippen LogP contribution in [0.25, 0.3) is 33.1 Å². The van der Waals surface area contributed by atoms with Gasteiger partial charge in [-0.2, -0.15) is 0 Å². The Kier molecular flexibility index (Phi) is 22.0. The number of para-hydroxylation sites is 6. The SMILES string of the molecule is CC(C)(C)OC(=O)N1[C@H](CN)C[C@@H]2CCCC[C@@H]21.CC(C)(C)OC(=O)N1[C@H](CNCc2cnc3ccccc3n2)C[C@@H]2CCCC[C@@H]21.COc1cc(C(=O)N(Cc2cnc3ccccc3n2)C[C@@H]2C[C@@H]3CCCC[C@@H]3N2)cc2c1OC(C)(C)O2.O=Cc1cnc2ccccc2n1. The summed E-state index contributed by atoms with van der Waals surface area (Å²) >= 11 is 0. The molecule has 7 aromatic rings. The Balaban J connectivity index is 0.000000140. The predicted molar refractivity (Wildman–Crippen MR) is 370 cm³/mol. The number of hydrogen-bond acceptors (Lipinski definition) is 18. The monoisotopic (exact) mass is 1310 g/mol. The Labute approximate surface area is 564 Å². The van der Waals surface area contributed by atoms with Gasteiger partial charge in [0.15, 0.2) is 17.8 Å². The second-order valence-electron chi connectivity index (χ2n) is 29.3. The topological polar surface area (TPSA) is 252 Å². The number of nitrogens with zero attached hydrogens (tertiary/aromatic N) is 9. The van der Waals surface area contributed by atoms with Crippen molar-refractivity contribution >= 4 is 57.5 Å². The van der Waals surface area contributed by atoms with Gasteiger partial charge in [0.2, 0.25) is 11.5 Å². The number of nitrogens with one attached hydrogen (secondary N) is 2. The smallest absolute Gasteiger partial charge is 0.410 e. The van der Waals surface area contributed by atoms with Gasteiger partial charge < -0.3 is 54.8 Å². The van der Waals surface area contributed by atoms with Crippen LogP contribution in [0.15, 0.2) is 104 Å². The Morgan fingerprint density at radius 1 is 0.656 bits per heavy atom. The summed E-state index contributed by atoms with van der Waals surface area (Å²) in [4.78, 5) is 82.2. The lowest BCUT2D eigenvalue weighted by atomic mass is 9.85. The maximum absolute atomic E-state index is 14.0. The van der Waals surface area contributed by atoms with Crippen LogP contribution >= 0.6 is 0 Å². The van der Waals surface area contributed by atoms with E-state index in [2.05, 4.69) is 35.6 Å². The lowest BCUT2D eigenvalue weighted by molar-refractivity contribution is -0.0439. The fourth-order valence-electron chi connectivity index (χ4n) is 15.3. The van der Waals surface area contributed by atoms with Gasteiger partial charge in [-0.25, -0.2) is 24.5 Å². The number of hydrogen-bond donors (Lipinski definition) is 3. The number of methoxy groups -OCH3 is 1. The lowest BCUT2D eigenvalue weighted by Crippen LogP contribution is -2.48. The summed E-state index contributed by atoms with van der Waals surface area (Å²) in [7, 11) is 1.57. The molecular formula is C75H98N12O9. The van der Waals surface area contributed by atoms with Crippen molar-refractivity contribution in [3.63, 3.8) is 0 Å². The van der Waals surface area contributed by atoms with Crippen molar-refractivity contribution in [2.75, 3.05) is 26.7 Å². The highest BCUT2D eigenvalue weighted by molar-refractivity contribution is 5.96. The molecule has 6 fully saturated rings. The van der Waals surface area contributed by atoms with Gasteiger partial charge in [-0.1, -0.05) is 74.9 Å². The molecule has 0 radical (unpaired) electrons. The van der Waals surface area contributed by atoms with Crippen LogP contribution in [-0.4, -0.2) is 149 Å². The molecule has 0 spiro atoms. The van der Waals surface area contributed by atoms with Crippen LogP contribution in [-0.2, 0) is 22.6 Å². The molecule has 96 heavy (non-hydrogen) atoms. The summed E-state index contributed by atoms with van der Waals surface area (Å²) in [5.41, 5.74) is 12.5. The van der Waals surface area contributed by atoms with Crippen LogP contribution in [0.5, 0.6) is 17.2 Å². The summed E-state index contributed by atoms with van der Waals surface area (Å²) in [5.74, 6) is 2.55. The molecule has 0 unspecified atom stereocenters. The minimum atomic E-state index is -0.818. The highest BCUT2D eigenvalue weighted by atomic mass is 16.7. The normalized spacial score (nSPS) is 23.8. The molecule has 7 aliphatic rings. The molecule has 21 heteroatoms. The molecule has 9 atom stereocenters. The highest BCUT2D eigenvalue weighted by Gasteiger charge is 2.47. The van der Waals surface area contributed by atoms with E-state index >= 15 is 0 Å².